The summed E-state index contributed by atoms with van der Waals surface area (Å²) in [6, 6.07) is 4.51. The lowest BCUT2D eigenvalue weighted by Gasteiger charge is -2.31. The third kappa shape index (κ3) is 4.22. The van der Waals surface area contributed by atoms with Gasteiger partial charge in [0.2, 0.25) is 15.9 Å². The summed E-state index contributed by atoms with van der Waals surface area (Å²) in [7, 11) is -2.57. The molecular weight excluding hydrogens is 358 g/mol. The molecule has 26 heavy (non-hydrogen) atoms. The second-order valence-electron chi connectivity index (χ2n) is 6.20. The SMILES string of the molecule is COC(=O)c1cccc(S(=O)(=O)N2CCCC(C(=O)NCCN)C2)c1C. The Bertz CT molecular complexity index is 779. The minimum absolute atomic E-state index is 0.0587. The molecule has 1 heterocycles. The van der Waals surface area contributed by atoms with E-state index >= 15 is 0 Å². The second kappa shape index (κ2) is 8.61. The minimum atomic E-state index is -3.82. The van der Waals surface area contributed by atoms with Crippen molar-refractivity contribution in [3.63, 3.8) is 0 Å². The first-order chi connectivity index (χ1) is 12.3. The van der Waals surface area contributed by atoms with Crippen LogP contribution in [0.15, 0.2) is 23.1 Å². The number of sulfonamides is 1. The van der Waals surface area contributed by atoms with Crippen LogP contribution < -0.4 is 11.1 Å². The molecule has 1 aromatic carbocycles. The molecule has 1 aliphatic heterocycles. The van der Waals surface area contributed by atoms with E-state index in [-0.39, 0.29) is 22.9 Å². The van der Waals surface area contributed by atoms with Crippen molar-refractivity contribution < 1.29 is 22.7 Å². The number of benzene rings is 1. The van der Waals surface area contributed by atoms with Gasteiger partial charge in [0, 0.05) is 26.2 Å². The average molecular weight is 383 g/mol. The molecule has 0 spiro atoms. The zero-order chi connectivity index (χ0) is 19.3. The number of nitrogens with one attached hydrogen (secondary N) is 1. The van der Waals surface area contributed by atoms with Crippen LogP contribution in [0.3, 0.4) is 0 Å². The van der Waals surface area contributed by atoms with Crippen LogP contribution in [0.1, 0.15) is 28.8 Å². The van der Waals surface area contributed by atoms with Gasteiger partial charge in [-0.25, -0.2) is 13.2 Å². The lowest BCUT2D eigenvalue weighted by atomic mass is 9.99. The standard InChI is InChI=1S/C17H25N3O5S/c1-12-14(17(22)25-2)6-3-7-15(12)26(23,24)20-10-4-5-13(11-20)16(21)19-9-8-18/h3,6-7,13H,4-5,8-11,18H2,1-2H3,(H,19,21). The number of hydrogen-bond acceptors (Lipinski definition) is 6. The number of hydrogen-bond donors (Lipinski definition) is 2. The molecule has 0 bridgehead atoms. The van der Waals surface area contributed by atoms with Gasteiger partial charge in [-0.05, 0) is 37.5 Å². The summed E-state index contributed by atoms with van der Waals surface area (Å²) in [6.07, 6.45) is 1.22. The van der Waals surface area contributed by atoms with Gasteiger partial charge in [0.05, 0.1) is 23.5 Å². The van der Waals surface area contributed by atoms with Gasteiger partial charge in [0.25, 0.3) is 0 Å². The fourth-order valence-electron chi connectivity index (χ4n) is 3.08. The summed E-state index contributed by atoms with van der Waals surface area (Å²) in [5.74, 6) is -1.18. The van der Waals surface area contributed by atoms with Crippen LogP contribution in [0.5, 0.6) is 0 Å². The maximum Gasteiger partial charge on any atom is 0.338 e. The monoisotopic (exact) mass is 383 g/mol. The van der Waals surface area contributed by atoms with E-state index in [1.54, 1.807) is 6.92 Å². The van der Waals surface area contributed by atoms with E-state index in [9.17, 15) is 18.0 Å². The molecule has 2 rings (SSSR count). The highest BCUT2D eigenvalue weighted by Crippen LogP contribution is 2.27. The molecule has 1 amide bonds. The number of ether oxygens (including phenoxy) is 1. The summed E-state index contributed by atoms with van der Waals surface area (Å²) < 4.78 is 32.2. The second-order valence-corrected chi connectivity index (χ2v) is 8.11. The van der Waals surface area contributed by atoms with Gasteiger partial charge in [-0.2, -0.15) is 4.31 Å². The van der Waals surface area contributed by atoms with E-state index in [0.717, 1.165) is 0 Å². The first kappa shape index (κ1) is 20.3. The lowest BCUT2D eigenvalue weighted by Crippen LogP contribution is -2.46. The number of rotatable bonds is 6. The van der Waals surface area contributed by atoms with Crippen molar-refractivity contribution in [2.75, 3.05) is 33.3 Å². The van der Waals surface area contributed by atoms with E-state index in [1.807, 2.05) is 0 Å². The third-order valence-electron chi connectivity index (χ3n) is 4.51. The number of methoxy groups -OCH3 is 1. The Hall–Kier alpha value is -1.97. The first-order valence-electron chi connectivity index (χ1n) is 8.48. The number of nitrogens with zero attached hydrogens (tertiary/aromatic N) is 1. The summed E-state index contributed by atoms with van der Waals surface area (Å²) >= 11 is 0. The molecule has 1 saturated heterocycles. The van der Waals surface area contributed by atoms with Crippen molar-refractivity contribution in [2.24, 2.45) is 11.7 Å². The summed E-state index contributed by atoms with van der Waals surface area (Å²) in [5, 5.41) is 2.71. The van der Waals surface area contributed by atoms with Gasteiger partial charge in [-0.1, -0.05) is 6.07 Å². The van der Waals surface area contributed by atoms with Crippen molar-refractivity contribution >= 4 is 21.9 Å². The fourth-order valence-corrected chi connectivity index (χ4v) is 4.85. The normalized spacial score (nSPS) is 18.3. The molecule has 1 aliphatic rings. The van der Waals surface area contributed by atoms with Gasteiger partial charge in [0.15, 0.2) is 0 Å². The average Bonchev–Trinajstić information content (AvgIpc) is 2.65. The quantitative estimate of drug-likeness (QED) is 0.680. The maximum absolute atomic E-state index is 13.1. The highest BCUT2D eigenvalue weighted by atomic mass is 32.2. The topological polar surface area (TPSA) is 119 Å². The van der Waals surface area contributed by atoms with Crippen molar-refractivity contribution in [1.82, 2.24) is 9.62 Å². The van der Waals surface area contributed by atoms with Gasteiger partial charge in [-0.3, -0.25) is 4.79 Å². The Balaban J connectivity index is 2.27. The van der Waals surface area contributed by atoms with Crippen molar-refractivity contribution in [3.05, 3.63) is 29.3 Å². The van der Waals surface area contributed by atoms with E-state index in [1.165, 1.54) is 29.6 Å². The van der Waals surface area contributed by atoms with Crippen LogP contribution in [-0.2, 0) is 19.6 Å². The Labute approximate surface area is 153 Å². The third-order valence-corrected chi connectivity index (χ3v) is 6.52. The number of piperidine rings is 1. The van der Waals surface area contributed by atoms with E-state index in [2.05, 4.69) is 5.32 Å². The van der Waals surface area contributed by atoms with Crippen LogP contribution in [0, 0.1) is 12.8 Å². The summed E-state index contributed by atoms with van der Waals surface area (Å²) in [4.78, 5) is 24.1. The molecule has 8 nitrogen and oxygen atoms in total. The molecule has 1 unspecified atom stereocenters. The van der Waals surface area contributed by atoms with Gasteiger partial charge in [-0.15, -0.1) is 0 Å². The number of carbonyl (C=O) groups is 2. The van der Waals surface area contributed by atoms with Crippen molar-refractivity contribution in [2.45, 2.75) is 24.7 Å². The predicted octanol–water partition coefficient (Wildman–Crippen LogP) is 0.257. The molecule has 0 aliphatic carbocycles. The highest BCUT2D eigenvalue weighted by Gasteiger charge is 2.34. The smallest absolute Gasteiger partial charge is 0.338 e. The van der Waals surface area contributed by atoms with Crippen molar-refractivity contribution in [3.8, 4) is 0 Å². The summed E-state index contributed by atoms with van der Waals surface area (Å²) in [6.45, 7) is 2.72. The molecule has 0 saturated carbocycles. The van der Waals surface area contributed by atoms with Crippen LogP contribution >= 0.6 is 0 Å². The molecule has 1 fully saturated rings. The van der Waals surface area contributed by atoms with Crippen LogP contribution in [-0.4, -0.2) is 57.9 Å². The number of esters is 1. The summed E-state index contributed by atoms with van der Waals surface area (Å²) in [5.41, 5.74) is 5.94. The van der Waals surface area contributed by atoms with Gasteiger partial charge in [0.1, 0.15) is 0 Å². The number of carbonyl (C=O) groups excluding carboxylic acids is 2. The highest BCUT2D eigenvalue weighted by molar-refractivity contribution is 7.89. The largest absolute Gasteiger partial charge is 0.465 e. The molecule has 0 radical (unpaired) electrons. The van der Waals surface area contributed by atoms with Crippen molar-refractivity contribution in [1.29, 1.82) is 0 Å². The first-order valence-corrected chi connectivity index (χ1v) is 9.92. The zero-order valence-electron chi connectivity index (χ0n) is 15.0. The molecule has 9 heteroatoms. The number of nitrogens with two attached hydrogens (primary N) is 1. The molecule has 144 valence electrons. The van der Waals surface area contributed by atoms with Crippen LogP contribution in [0.25, 0.3) is 0 Å². The molecule has 0 aromatic heterocycles. The van der Waals surface area contributed by atoms with Gasteiger partial charge < -0.3 is 15.8 Å². The molecule has 3 N–H and O–H groups in total. The van der Waals surface area contributed by atoms with E-state index < -0.39 is 21.9 Å². The Kier molecular flexibility index (Phi) is 6.74. The fraction of sp³-hybridized carbons (Fsp3) is 0.529. The molecular formula is C17H25N3O5S. The Morgan fingerprint density at radius 1 is 1.38 bits per heavy atom. The zero-order valence-corrected chi connectivity index (χ0v) is 15.8. The van der Waals surface area contributed by atoms with Crippen LogP contribution in [0.2, 0.25) is 0 Å². The minimum Gasteiger partial charge on any atom is -0.465 e. The molecule has 1 aromatic rings. The van der Waals surface area contributed by atoms with E-state index in [0.29, 0.717) is 38.0 Å². The predicted molar refractivity (Wildman–Crippen MR) is 96.1 cm³/mol. The Morgan fingerprint density at radius 3 is 2.77 bits per heavy atom. The van der Waals surface area contributed by atoms with Crippen LogP contribution in [0.4, 0.5) is 0 Å². The van der Waals surface area contributed by atoms with Gasteiger partial charge >= 0.3 is 5.97 Å². The van der Waals surface area contributed by atoms with E-state index in [4.69, 9.17) is 10.5 Å². The maximum atomic E-state index is 13.1. The molecule has 1 atom stereocenters. The lowest BCUT2D eigenvalue weighted by molar-refractivity contribution is -0.126. The Morgan fingerprint density at radius 2 is 2.12 bits per heavy atom. The number of amides is 1.